The van der Waals surface area contributed by atoms with Gasteiger partial charge in [-0.2, -0.15) is 0 Å². The van der Waals surface area contributed by atoms with Crippen molar-refractivity contribution >= 4 is 29.0 Å². The van der Waals surface area contributed by atoms with Crippen molar-refractivity contribution in [2.75, 3.05) is 42.5 Å². The Hall–Kier alpha value is -2.76. The van der Waals surface area contributed by atoms with Gasteiger partial charge in [-0.25, -0.2) is 0 Å². The fourth-order valence-electron chi connectivity index (χ4n) is 4.33. The highest BCUT2D eigenvalue weighted by Crippen LogP contribution is 2.34. The van der Waals surface area contributed by atoms with Crippen LogP contribution < -0.4 is 15.1 Å². The van der Waals surface area contributed by atoms with Crippen LogP contribution in [0.2, 0.25) is 0 Å². The molecule has 0 bridgehead atoms. The van der Waals surface area contributed by atoms with Crippen LogP contribution in [0.1, 0.15) is 21.5 Å². The molecular weight excluding hydrogens is 402 g/mol. The van der Waals surface area contributed by atoms with E-state index in [9.17, 15) is 4.79 Å². The first-order valence-corrected chi connectivity index (χ1v) is 11.9. The smallest absolute Gasteiger partial charge is 0.258 e. The first-order chi connectivity index (χ1) is 15.3. The van der Waals surface area contributed by atoms with Gasteiger partial charge in [-0.3, -0.25) is 4.79 Å². The minimum atomic E-state index is 0.0976. The maximum absolute atomic E-state index is 13.3. The van der Waals surface area contributed by atoms with Crippen molar-refractivity contribution in [2.24, 2.45) is 0 Å². The Morgan fingerprint density at radius 2 is 1.74 bits per heavy atom. The Balaban J connectivity index is 1.30. The summed E-state index contributed by atoms with van der Waals surface area (Å²) in [6, 6.07) is 25.2. The molecule has 1 amide bonds. The van der Waals surface area contributed by atoms with Gasteiger partial charge in [-0.05, 0) is 53.9 Å². The van der Waals surface area contributed by atoms with Crippen LogP contribution in [0, 0.1) is 0 Å². The highest BCUT2D eigenvalue weighted by Gasteiger charge is 2.26. The monoisotopic (exact) mass is 429 g/mol. The summed E-state index contributed by atoms with van der Waals surface area (Å²) in [5.74, 6) is 1.06. The number of anilines is 2. The molecule has 1 saturated heterocycles. The number of nitrogens with zero attached hydrogens (tertiary/aromatic N) is 2. The molecule has 5 heteroatoms. The molecule has 3 aromatic carbocycles. The lowest BCUT2D eigenvalue weighted by molar-refractivity contribution is 0.0989. The number of piperazine rings is 1. The summed E-state index contributed by atoms with van der Waals surface area (Å²) in [6.07, 6.45) is 0.915. The van der Waals surface area contributed by atoms with E-state index in [0.717, 1.165) is 61.8 Å². The maximum atomic E-state index is 13.3. The van der Waals surface area contributed by atoms with E-state index in [1.807, 2.05) is 28.8 Å². The Labute approximate surface area is 188 Å². The molecule has 31 heavy (non-hydrogen) atoms. The van der Waals surface area contributed by atoms with Crippen LogP contribution in [0.5, 0.6) is 0 Å². The minimum Gasteiger partial charge on any atom is -0.369 e. The lowest BCUT2D eigenvalue weighted by Gasteiger charge is -2.30. The van der Waals surface area contributed by atoms with Crippen LogP contribution in [-0.4, -0.2) is 38.6 Å². The number of rotatable bonds is 5. The standard InChI is InChI=1S/C26H27N3OS/c30-26(22-7-4-8-23(17-22)28-15-12-27-13-16-28)29-14-11-21-18-24(9-10-25(21)29)31-19-20-5-2-1-3-6-20/h1-10,17-18,27H,11-16,19H2. The Kier molecular flexibility index (Phi) is 5.96. The number of fused-ring (bicyclic) bond motifs is 1. The van der Waals surface area contributed by atoms with Crippen molar-refractivity contribution in [2.45, 2.75) is 17.1 Å². The van der Waals surface area contributed by atoms with Gasteiger partial charge in [0.05, 0.1) is 0 Å². The zero-order chi connectivity index (χ0) is 21.0. The fraction of sp³-hybridized carbons (Fsp3) is 0.269. The molecule has 0 unspecified atom stereocenters. The number of hydrogen-bond donors (Lipinski definition) is 1. The second-order valence-corrected chi connectivity index (χ2v) is 9.11. The first-order valence-electron chi connectivity index (χ1n) is 11.0. The van der Waals surface area contributed by atoms with Crippen LogP contribution in [0.4, 0.5) is 11.4 Å². The van der Waals surface area contributed by atoms with Crippen molar-refractivity contribution in [1.82, 2.24) is 5.32 Å². The molecule has 158 valence electrons. The molecule has 0 radical (unpaired) electrons. The largest absolute Gasteiger partial charge is 0.369 e. The number of hydrogen-bond acceptors (Lipinski definition) is 4. The Bertz CT molecular complexity index is 1060. The van der Waals surface area contributed by atoms with Gasteiger partial charge in [0.25, 0.3) is 5.91 Å². The predicted molar refractivity (Wildman–Crippen MR) is 129 cm³/mol. The molecule has 5 rings (SSSR count). The van der Waals surface area contributed by atoms with E-state index < -0.39 is 0 Å². The van der Waals surface area contributed by atoms with Gasteiger partial charge in [0, 0.05) is 60.3 Å². The zero-order valence-electron chi connectivity index (χ0n) is 17.6. The third kappa shape index (κ3) is 4.48. The summed E-state index contributed by atoms with van der Waals surface area (Å²) in [5, 5.41) is 3.38. The maximum Gasteiger partial charge on any atom is 0.258 e. The summed E-state index contributed by atoms with van der Waals surface area (Å²) in [6.45, 7) is 4.69. The zero-order valence-corrected chi connectivity index (χ0v) is 18.4. The molecule has 1 N–H and O–H groups in total. The van der Waals surface area contributed by atoms with Gasteiger partial charge in [-0.15, -0.1) is 11.8 Å². The van der Waals surface area contributed by atoms with Gasteiger partial charge in [0.2, 0.25) is 0 Å². The van der Waals surface area contributed by atoms with E-state index in [1.165, 1.54) is 16.0 Å². The molecule has 0 saturated carbocycles. The van der Waals surface area contributed by atoms with Gasteiger partial charge in [0.15, 0.2) is 0 Å². The van der Waals surface area contributed by atoms with Gasteiger partial charge >= 0.3 is 0 Å². The third-order valence-corrected chi connectivity index (χ3v) is 7.08. The third-order valence-electron chi connectivity index (χ3n) is 6.02. The van der Waals surface area contributed by atoms with E-state index in [0.29, 0.717) is 0 Å². The van der Waals surface area contributed by atoms with Gasteiger partial charge in [0.1, 0.15) is 0 Å². The number of benzene rings is 3. The second kappa shape index (κ2) is 9.16. The average Bonchev–Trinajstić information content (AvgIpc) is 3.27. The predicted octanol–water partition coefficient (Wildman–Crippen LogP) is 4.59. The second-order valence-electron chi connectivity index (χ2n) is 8.06. The van der Waals surface area contributed by atoms with Gasteiger partial charge in [-0.1, -0.05) is 36.4 Å². The molecular formula is C26H27N3OS. The summed E-state index contributed by atoms with van der Waals surface area (Å²) >= 11 is 1.85. The van der Waals surface area contributed by atoms with Crippen molar-refractivity contribution in [3.63, 3.8) is 0 Å². The van der Waals surface area contributed by atoms with Crippen molar-refractivity contribution in [3.05, 3.63) is 89.5 Å². The van der Waals surface area contributed by atoms with Crippen LogP contribution in [-0.2, 0) is 12.2 Å². The molecule has 1 fully saturated rings. The normalized spacial score (nSPS) is 15.7. The molecule has 2 aliphatic heterocycles. The lowest BCUT2D eigenvalue weighted by atomic mass is 10.1. The summed E-state index contributed by atoms with van der Waals surface area (Å²) in [5.41, 5.74) is 5.56. The van der Waals surface area contributed by atoms with Crippen LogP contribution in [0.15, 0.2) is 77.7 Å². The Morgan fingerprint density at radius 3 is 2.58 bits per heavy atom. The summed E-state index contributed by atoms with van der Waals surface area (Å²) in [7, 11) is 0. The van der Waals surface area contributed by atoms with Crippen molar-refractivity contribution < 1.29 is 4.79 Å². The molecule has 4 nitrogen and oxygen atoms in total. The molecule has 0 aliphatic carbocycles. The van der Waals surface area contributed by atoms with E-state index in [1.54, 1.807) is 0 Å². The topological polar surface area (TPSA) is 35.6 Å². The number of nitrogens with one attached hydrogen (secondary N) is 1. The molecule has 2 aliphatic rings. The Morgan fingerprint density at radius 1 is 0.903 bits per heavy atom. The molecule has 0 atom stereocenters. The quantitative estimate of drug-likeness (QED) is 0.602. The number of thioether (sulfide) groups is 1. The molecule has 3 aromatic rings. The highest BCUT2D eigenvalue weighted by molar-refractivity contribution is 7.98. The van der Waals surface area contributed by atoms with Crippen LogP contribution in [0.25, 0.3) is 0 Å². The van der Waals surface area contributed by atoms with E-state index in [2.05, 4.69) is 70.9 Å². The fourth-order valence-corrected chi connectivity index (χ4v) is 5.25. The first kappa shape index (κ1) is 20.2. The van der Waals surface area contributed by atoms with E-state index >= 15 is 0 Å². The van der Waals surface area contributed by atoms with E-state index in [-0.39, 0.29) is 5.91 Å². The number of amides is 1. The molecule has 0 aromatic heterocycles. The van der Waals surface area contributed by atoms with Crippen molar-refractivity contribution in [1.29, 1.82) is 0 Å². The lowest BCUT2D eigenvalue weighted by Crippen LogP contribution is -2.43. The number of carbonyl (C=O) groups is 1. The minimum absolute atomic E-state index is 0.0976. The summed E-state index contributed by atoms with van der Waals surface area (Å²) in [4.78, 5) is 18.9. The van der Waals surface area contributed by atoms with Crippen LogP contribution in [0.3, 0.4) is 0 Å². The summed E-state index contributed by atoms with van der Waals surface area (Å²) < 4.78 is 0. The number of carbonyl (C=O) groups excluding carboxylic acids is 1. The van der Waals surface area contributed by atoms with Crippen LogP contribution >= 0.6 is 11.8 Å². The average molecular weight is 430 g/mol. The van der Waals surface area contributed by atoms with Gasteiger partial charge < -0.3 is 15.1 Å². The van der Waals surface area contributed by atoms with Crippen molar-refractivity contribution in [3.8, 4) is 0 Å². The SMILES string of the molecule is O=C(c1cccc(N2CCNCC2)c1)N1CCc2cc(SCc3ccccc3)ccc21. The van der Waals surface area contributed by atoms with E-state index in [4.69, 9.17) is 0 Å². The highest BCUT2D eigenvalue weighted by atomic mass is 32.2. The molecule has 0 spiro atoms. The molecule has 2 heterocycles.